The van der Waals surface area contributed by atoms with Crippen LogP contribution in [0.5, 0.6) is 0 Å². The molecule has 0 saturated heterocycles. The smallest absolute Gasteiger partial charge is 0.177 e. The molecule has 0 aromatic carbocycles. The van der Waals surface area contributed by atoms with Gasteiger partial charge in [0.1, 0.15) is 5.01 Å². The minimum absolute atomic E-state index is 0.216. The molecule has 2 rings (SSSR count). The van der Waals surface area contributed by atoms with Crippen molar-refractivity contribution in [1.29, 1.82) is 0 Å². The van der Waals surface area contributed by atoms with Gasteiger partial charge in [-0.15, -0.1) is 11.3 Å². The summed E-state index contributed by atoms with van der Waals surface area (Å²) < 4.78 is 2.83. The molecule has 5 heteroatoms. The van der Waals surface area contributed by atoms with E-state index in [1.54, 1.807) is 11.3 Å². The third-order valence-corrected chi connectivity index (χ3v) is 3.46. The predicted octanol–water partition coefficient (Wildman–Crippen LogP) is 2.92. The number of thiazole rings is 1. The van der Waals surface area contributed by atoms with E-state index in [4.69, 9.17) is 12.2 Å². The fourth-order valence-electron chi connectivity index (χ4n) is 1.50. The zero-order valence-corrected chi connectivity index (χ0v) is 9.65. The summed E-state index contributed by atoms with van der Waals surface area (Å²) in [6.45, 7) is 4.14. The summed E-state index contributed by atoms with van der Waals surface area (Å²) in [5.74, 6) is 0. The van der Waals surface area contributed by atoms with Crippen LogP contribution in [-0.2, 0) is 0 Å². The molecule has 74 valence electrons. The highest BCUT2D eigenvalue weighted by Crippen LogP contribution is 2.21. The number of H-pyrrole nitrogens is 1. The van der Waals surface area contributed by atoms with Crippen molar-refractivity contribution < 1.29 is 0 Å². The lowest BCUT2D eigenvalue weighted by atomic mass is 10.3. The molecule has 1 atom stereocenters. The van der Waals surface area contributed by atoms with E-state index >= 15 is 0 Å². The van der Waals surface area contributed by atoms with Gasteiger partial charge in [0.15, 0.2) is 4.77 Å². The summed E-state index contributed by atoms with van der Waals surface area (Å²) in [6, 6.07) is 0.216. The molecule has 0 spiro atoms. The number of aromatic nitrogens is 3. The molecule has 1 unspecified atom stereocenters. The van der Waals surface area contributed by atoms with Crippen LogP contribution in [0.25, 0.3) is 0 Å². The van der Waals surface area contributed by atoms with Crippen LogP contribution in [0, 0.1) is 11.7 Å². The summed E-state index contributed by atoms with van der Waals surface area (Å²) in [5.41, 5.74) is 1.14. The molecule has 1 N–H and O–H groups in total. The highest BCUT2D eigenvalue weighted by molar-refractivity contribution is 7.71. The standard InChI is InChI=1S/C9H11N3S2/c1-6-5-11-9(13)12(6)7(2)8-10-3-4-14-8/h3-5,7H,1-2H3,(H,11,13). The Kier molecular flexibility index (Phi) is 2.52. The van der Waals surface area contributed by atoms with Crippen LogP contribution in [0.15, 0.2) is 17.8 Å². The van der Waals surface area contributed by atoms with Gasteiger partial charge in [0.2, 0.25) is 0 Å². The van der Waals surface area contributed by atoms with E-state index in [1.165, 1.54) is 0 Å². The molecule has 0 aliphatic carbocycles. The van der Waals surface area contributed by atoms with Crippen LogP contribution in [0.4, 0.5) is 0 Å². The molecule has 2 aromatic rings. The van der Waals surface area contributed by atoms with Crippen molar-refractivity contribution in [2.45, 2.75) is 19.9 Å². The average Bonchev–Trinajstić information content (AvgIpc) is 2.75. The molecule has 2 heterocycles. The average molecular weight is 225 g/mol. The zero-order valence-electron chi connectivity index (χ0n) is 8.02. The Labute approximate surface area is 91.4 Å². The van der Waals surface area contributed by atoms with Gasteiger partial charge in [-0.3, -0.25) is 0 Å². The fourth-order valence-corrected chi connectivity index (χ4v) is 2.54. The number of hydrogen-bond acceptors (Lipinski definition) is 3. The Hall–Kier alpha value is -0.940. The van der Waals surface area contributed by atoms with Crippen LogP contribution in [-0.4, -0.2) is 14.5 Å². The molecule has 0 amide bonds. The number of rotatable bonds is 2. The third-order valence-electron chi connectivity index (χ3n) is 2.20. The molecule has 0 aliphatic rings. The second-order valence-electron chi connectivity index (χ2n) is 3.15. The lowest BCUT2D eigenvalue weighted by molar-refractivity contribution is 0.611. The number of nitrogens with one attached hydrogen (secondary N) is 1. The van der Waals surface area contributed by atoms with Crippen molar-refractivity contribution in [3.05, 3.63) is 33.2 Å². The maximum atomic E-state index is 5.21. The van der Waals surface area contributed by atoms with E-state index in [-0.39, 0.29) is 6.04 Å². The van der Waals surface area contributed by atoms with E-state index in [0.29, 0.717) is 0 Å². The van der Waals surface area contributed by atoms with Gasteiger partial charge in [-0.2, -0.15) is 0 Å². The lowest BCUT2D eigenvalue weighted by Crippen LogP contribution is -2.07. The number of aryl methyl sites for hydroxylation is 1. The summed E-state index contributed by atoms with van der Waals surface area (Å²) in [4.78, 5) is 7.33. The van der Waals surface area contributed by atoms with Gasteiger partial charge < -0.3 is 9.55 Å². The van der Waals surface area contributed by atoms with Gasteiger partial charge in [0.05, 0.1) is 6.04 Å². The summed E-state index contributed by atoms with van der Waals surface area (Å²) in [7, 11) is 0. The highest BCUT2D eigenvalue weighted by atomic mass is 32.1. The molecule has 0 radical (unpaired) electrons. The third kappa shape index (κ3) is 1.53. The topological polar surface area (TPSA) is 33.6 Å². The van der Waals surface area contributed by atoms with Crippen molar-refractivity contribution in [1.82, 2.24) is 14.5 Å². The first kappa shape index (κ1) is 9.61. The zero-order chi connectivity index (χ0) is 10.1. The molecule has 0 fully saturated rings. The summed E-state index contributed by atoms with van der Waals surface area (Å²) >= 11 is 6.86. The Morgan fingerprint density at radius 1 is 1.64 bits per heavy atom. The maximum absolute atomic E-state index is 5.21. The molecular formula is C9H11N3S2. The van der Waals surface area contributed by atoms with Gasteiger partial charge >= 0.3 is 0 Å². The van der Waals surface area contributed by atoms with Crippen molar-refractivity contribution >= 4 is 23.6 Å². The van der Waals surface area contributed by atoms with Crippen molar-refractivity contribution in [3.8, 4) is 0 Å². The van der Waals surface area contributed by atoms with Crippen molar-refractivity contribution in [3.63, 3.8) is 0 Å². The van der Waals surface area contributed by atoms with E-state index in [1.807, 2.05) is 24.7 Å². The van der Waals surface area contributed by atoms with Gasteiger partial charge in [0.25, 0.3) is 0 Å². The maximum Gasteiger partial charge on any atom is 0.177 e. The molecular weight excluding hydrogens is 214 g/mol. The lowest BCUT2D eigenvalue weighted by Gasteiger charge is -2.11. The first-order valence-corrected chi connectivity index (χ1v) is 5.65. The number of hydrogen-bond donors (Lipinski definition) is 1. The molecule has 2 aromatic heterocycles. The largest absolute Gasteiger partial charge is 0.337 e. The number of imidazole rings is 1. The van der Waals surface area contributed by atoms with Gasteiger partial charge in [-0.25, -0.2) is 4.98 Å². The van der Waals surface area contributed by atoms with Gasteiger partial charge in [-0.1, -0.05) is 0 Å². The van der Waals surface area contributed by atoms with Crippen LogP contribution in [0.1, 0.15) is 23.7 Å². The van der Waals surface area contributed by atoms with E-state index < -0.39 is 0 Å². The number of nitrogens with zero attached hydrogens (tertiary/aromatic N) is 2. The quantitative estimate of drug-likeness (QED) is 0.797. The van der Waals surface area contributed by atoms with Crippen LogP contribution in [0.2, 0.25) is 0 Å². The summed E-state index contributed by atoms with van der Waals surface area (Å²) in [6.07, 6.45) is 3.74. The SMILES string of the molecule is Cc1c[nH]c(=S)n1C(C)c1nccs1. The minimum atomic E-state index is 0.216. The van der Waals surface area contributed by atoms with Crippen LogP contribution < -0.4 is 0 Å². The first-order valence-electron chi connectivity index (χ1n) is 4.36. The van der Waals surface area contributed by atoms with Crippen molar-refractivity contribution in [2.75, 3.05) is 0 Å². The van der Waals surface area contributed by atoms with Gasteiger partial charge in [-0.05, 0) is 26.1 Å². The normalized spacial score (nSPS) is 13.0. The highest BCUT2D eigenvalue weighted by Gasteiger charge is 2.12. The van der Waals surface area contributed by atoms with E-state index in [2.05, 4.69) is 21.5 Å². The fraction of sp³-hybridized carbons (Fsp3) is 0.333. The first-order chi connectivity index (χ1) is 6.70. The van der Waals surface area contributed by atoms with Crippen LogP contribution in [0.3, 0.4) is 0 Å². The molecule has 0 aliphatic heterocycles. The van der Waals surface area contributed by atoms with E-state index in [0.717, 1.165) is 15.5 Å². The Morgan fingerprint density at radius 3 is 2.93 bits per heavy atom. The number of aromatic amines is 1. The minimum Gasteiger partial charge on any atom is -0.337 e. The van der Waals surface area contributed by atoms with Crippen LogP contribution >= 0.6 is 23.6 Å². The Bertz CT molecular complexity index is 466. The molecule has 0 saturated carbocycles. The summed E-state index contributed by atoms with van der Waals surface area (Å²) in [5, 5.41) is 3.07. The predicted molar refractivity (Wildman–Crippen MR) is 60.3 cm³/mol. The molecule has 3 nitrogen and oxygen atoms in total. The monoisotopic (exact) mass is 225 g/mol. The van der Waals surface area contributed by atoms with E-state index in [9.17, 15) is 0 Å². The Morgan fingerprint density at radius 2 is 2.43 bits per heavy atom. The molecule has 0 bridgehead atoms. The molecule has 14 heavy (non-hydrogen) atoms. The second-order valence-corrected chi connectivity index (χ2v) is 4.46. The second kappa shape index (κ2) is 3.67. The van der Waals surface area contributed by atoms with Gasteiger partial charge in [0, 0.05) is 23.5 Å². The van der Waals surface area contributed by atoms with Crippen molar-refractivity contribution in [2.24, 2.45) is 0 Å². The Balaban J connectivity index is 2.46.